The Kier molecular flexibility index (Phi) is 6.19. The molecular weight excluding hydrogens is 377 g/mol. The molecule has 1 aromatic carbocycles. The van der Waals surface area contributed by atoms with E-state index in [0.29, 0.717) is 16.7 Å². The molecule has 1 amide bonds. The van der Waals surface area contributed by atoms with Gasteiger partial charge in [-0.25, -0.2) is 15.0 Å². The van der Waals surface area contributed by atoms with Crippen molar-refractivity contribution in [2.24, 2.45) is 0 Å². The molecule has 1 aliphatic rings. The van der Waals surface area contributed by atoms with Crippen LogP contribution in [-0.4, -0.2) is 28.6 Å². The topological polar surface area (TPSA) is 65.4 Å². The van der Waals surface area contributed by atoms with Crippen LogP contribution in [0.4, 0.5) is 0 Å². The molecule has 1 aliphatic heterocycles. The van der Waals surface area contributed by atoms with Gasteiger partial charge in [0.1, 0.15) is 0 Å². The maximum atomic E-state index is 12.2. The lowest BCUT2D eigenvalue weighted by atomic mass is 10.1. The number of carbonyl (C=O) groups excluding carboxylic acids is 1. The van der Waals surface area contributed by atoms with Crippen LogP contribution in [0.25, 0.3) is 5.69 Å². The molecule has 0 unspecified atom stereocenters. The summed E-state index contributed by atoms with van der Waals surface area (Å²) in [4.78, 5) is 17.6. The first kappa shape index (κ1) is 19.2. The molecule has 2 aromatic rings. The van der Waals surface area contributed by atoms with Crippen LogP contribution in [0, 0.1) is 13.8 Å². The Labute approximate surface area is 162 Å². The van der Waals surface area contributed by atoms with E-state index in [-0.39, 0.29) is 18.6 Å². The molecule has 26 heavy (non-hydrogen) atoms. The van der Waals surface area contributed by atoms with E-state index in [4.69, 9.17) is 32.8 Å². The van der Waals surface area contributed by atoms with Gasteiger partial charge in [-0.3, -0.25) is 4.79 Å². The van der Waals surface area contributed by atoms with Crippen molar-refractivity contribution in [1.82, 2.24) is 15.3 Å². The number of hydroxylamine groups is 1. The van der Waals surface area contributed by atoms with Gasteiger partial charge < -0.3 is 4.74 Å². The van der Waals surface area contributed by atoms with Crippen molar-refractivity contribution in [2.45, 2.75) is 45.8 Å². The van der Waals surface area contributed by atoms with Gasteiger partial charge in [-0.05, 0) is 44.9 Å². The maximum absolute atomic E-state index is 12.2. The highest BCUT2D eigenvalue weighted by atomic mass is 35.5. The number of aryl methyl sites for hydroxylation is 1. The highest BCUT2D eigenvalue weighted by Crippen LogP contribution is 2.27. The van der Waals surface area contributed by atoms with E-state index in [1.165, 1.54) is 0 Å². The zero-order valence-electron chi connectivity index (χ0n) is 14.7. The van der Waals surface area contributed by atoms with Crippen molar-refractivity contribution in [3.8, 4) is 5.69 Å². The number of ether oxygens (including phenoxy) is 1. The van der Waals surface area contributed by atoms with Crippen molar-refractivity contribution < 1.29 is 14.4 Å². The quantitative estimate of drug-likeness (QED) is 0.776. The largest absolute Gasteiger partial charge is 0.350 e. The molecule has 0 spiro atoms. The van der Waals surface area contributed by atoms with Crippen LogP contribution in [-0.2, 0) is 20.8 Å². The Hall–Kier alpha value is -1.60. The molecular formula is C18H21Cl2N3O3. The lowest BCUT2D eigenvalue weighted by Gasteiger charge is -2.22. The van der Waals surface area contributed by atoms with Gasteiger partial charge in [-0.2, -0.15) is 5.10 Å². The van der Waals surface area contributed by atoms with Gasteiger partial charge in [0.25, 0.3) is 0 Å². The van der Waals surface area contributed by atoms with Gasteiger partial charge in [0.15, 0.2) is 6.29 Å². The molecule has 1 N–H and O–H groups in total. The van der Waals surface area contributed by atoms with E-state index in [1.54, 1.807) is 22.9 Å². The Morgan fingerprint density at radius 3 is 2.88 bits per heavy atom. The van der Waals surface area contributed by atoms with Crippen molar-refractivity contribution in [2.75, 3.05) is 6.61 Å². The van der Waals surface area contributed by atoms with E-state index in [9.17, 15) is 4.79 Å². The van der Waals surface area contributed by atoms with Gasteiger partial charge in [0.2, 0.25) is 5.91 Å². The van der Waals surface area contributed by atoms with E-state index >= 15 is 0 Å². The number of hydrogen-bond acceptors (Lipinski definition) is 4. The van der Waals surface area contributed by atoms with Crippen LogP contribution in [0.3, 0.4) is 0 Å². The molecule has 8 heteroatoms. The van der Waals surface area contributed by atoms with Crippen LogP contribution in [0.15, 0.2) is 18.2 Å². The molecule has 1 saturated heterocycles. The zero-order chi connectivity index (χ0) is 18.7. The number of nitrogens with one attached hydrogen (secondary N) is 1. The molecule has 1 fully saturated rings. The van der Waals surface area contributed by atoms with Gasteiger partial charge in [-0.15, -0.1) is 0 Å². The highest BCUT2D eigenvalue weighted by molar-refractivity contribution is 6.35. The SMILES string of the molecule is Cc1nn(-c2ccc(Cl)cc2Cl)c(C)c1CC(=O)NO[C@H]1CCCCO1. The second-order valence-corrected chi connectivity index (χ2v) is 7.12. The molecule has 2 heterocycles. The minimum Gasteiger partial charge on any atom is -0.350 e. The Morgan fingerprint density at radius 1 is 1.38 bits per heavy atom. The normalized spacial score (nSPS) is 17.3. The average molecular weight is 398 g/mol. The fraction of sp³-hybridized carbons (Fsp3) is 0.444. The van der Waals surface area contributed by atoms with Crippen molar-refractivity contribution >= 4 is 29.1 Å². The van der Waals surface area contributed by atoms with Crippen molar-refractivity contribution in [3.63, 3.8) is 0 Å². The van der Waals surface area contributed by atoms with Crippen LogP contribution in [0.5, 0.6) is 0 Å². The third-order valence-corrected chi connectivity index (χ3v) is 4.90. The predicted octanol–water partition coefficient (Wildman–Crippen LogP) is 3.91. The van der Waals surface area contributed by atoms with Gasteiger partial charge in [0, 0.05) is 29.3 Å². The molecule has 0 radical (unpaired) electrons. The summed E-state index contributed by atoms with van der Waals surface area (Å²) >= 11 is 12.2. The first-order valence-corrected chi connectivity index (χ1v) is 9.28. The maximum Gasteiger partial charge on any atom is 0.248 e. The Balaban J connectivity index is 1.70. The van der Waals surface area contributed by atoms with Gasteiger partial charge >= 0.3 is 0 Å². The highest BCUT2D eigenvalue weighted by Gasteiger charge is 2.19. The molecule has 0 aliphatic carbocycles. The molecule has 3 rings (SSSR count). The molecule has 0 bridgehead atoms. The third kappa shape index (κ3) is 4.38. The number of halogens is 2. The van der Waals surface area contributed by atoms with Crippen LogP contribution in [0.2, 0.25) is 10.0 Å². The average Bonchev–Trinajstić information content (AvgIpc) is 2.89. The molecule has 140 valence electrons. The van der Waals surface area contributed by atoms with Crippen LogP contribution >= 0.6 is 23.2 Å². The van der Waals surface area contributed by atoms with Crippen LogP contribution < -0.4 is 5.48 Å². The summed E-state index contributed by atoms with van der Waals surface area (Å²) in [6.07, 6.45) is 2.64. The lowest BCUT2D eigenvalue weighted by molar-refractivity contribution is -0.200. The van der Waals surface area contributed by atoms with Crippen molar-refractivity contribution in [1.29, 1.82) is 0 Å². The van der Waals surface area contributed by atoms with E-state index in [1.807, 2.05) is 13.8 Å². The third-order valence-electron chi connectivity index (χ3n) is 4.36. The number of nitrogens with zero attached hydrogens (tertiary/aromatic N) is 2. The number of amides is 1. The molecule has 1 atom stereocenters. The standard InChI is InChI=1S/C18H21Cl2N3O3/c1-11-14(10-17(24)22-26-18-5-3-4-8-25-18)12(2)23(21-11)16-7-6-13(19)9-15(16)20/h6-7,9,18H,3-5,8,10H2,1-2H3,(H,22,24)/t18-/m0/s1. The Bertz CT molecular complexity index is 801. The minimum absolute atomic E-state index is 0.162. The van der Waals surface area contributed by atoms with Crippen LogP contribution in [0.1, 0.15) is 36.2 Å². The predicted molar refractivity (Wildman–Crippen MR) is 99.6 cm³/mol. The molecule has 6 nitrogen and oxygen atoms in total. The monoisotopic (exact) mass is 397 g/mol. The fourth-order valence-corrected chi connectivity index (χ4v) is 3.44. The van der Waals surface area contributed by atoms with Crippen molar-refractivity contribution in [3.05, 3.63) is 45.2 Å². The summed E-state index contributed by atoms with van der Waals surface area (Å²) < 4.78 is 7.16. The Morgan fingerprint density at radius 2 is 2.19 bits per heavy atom. The summed E-state index contributed by atoms with van der Waals surface area (Å²) in [7, 11) is 0. The summed E-state index contributed by atoms with van der Waals surface area (Å²) in [5.41, 5.74) is 5.64. The minimum atomic E-state index is -0.370. The molecule has 0 saturated carbocycles. The number of aromatic nitrogens is 2. The number of benzene rings is 1. The fourth-order valence-electron chi connectivity index (χ4n) is 2.95. The summed E-state index contributed by atoms with van der Waals surface area (Å²) in [5.74, 6) is -0.243. The second-order valence-electron chi connectivity index (χ2n) is 6.27. The summed E-state index contributed by atoms with van der Waals surface area (Å²) in [6.45, 7) is 4.42. The molecule has 1 aromatic heterocycles. The zero-order valence-corrected chi connectivity index (χ0v) is 16.2. The summed E-state index contributed by atoms with van der Waals surface area (Å²) in [5, 5.41) is 5.57. The first-order chi connectivity index (χ1) is 12.5. The summed E-state index contributed by atoms with van der Waals surface area (Å²) in [6, 6.07) is 5.22. The lowest BCUT2D eigenvalue weighted by Crippen LogP contribution is -2.34. The van der Waals surface area contributed by atoms with Gasteiger partial charge in [-0.1, -0.05) is 23.2 Å². The van der Waals surface area contributed by atoms with E-state index < -0.39 is 0 Å². The smallest absolute Gasteiger partial charge is 0.248 e. The van der Waals surface area contributed by atoms with Gasteiger partial charge in [0.05, 0.1) is 22.8 Å². The number of carbonyl (C=O) groups is 1. The number of hydrogen-bond donors (Lipinski definition) is 1. The van der Waals surface area contributed by atoms with E-state index in [0.717, 1.165) is 41.9 Å². The second kappa shape index (κ2) is 8.39. The first-order valence-electron chi connectivity index (χ1n) is 8.52. The van der Waals surface area contributed by atoms with E-state index in [2.05, 4.69) is 10.6 Å². The number of rotatable bonds is 5.